The van der Waals surface area contributed by atoms with E-state index in [1.54, 1.807) is 17.6 Å². The Morgan fingerprint density at radius 3 is 2.57 bits per heavy atom. The second-order valence-electron chi connectivity index (χ2n) is 7.56. The van der Waals surface area contributed by atoms with E-state index in [0.29, 0.717) is 16.9 Å². The normalized spacial score (nSPS) is 11.6. The lowest BCUT2D eigenvalue weighted by Gasteiger charge is -2.11. The molecule has 0 spiro atoms. The lowest BCUT2D eigenvalue weighted by atomic mass is 10.1. The van der Waals surface area contributed by atoms with Crippen molar-refractivity contribution in [1.29, 1.82) is 0 Å². The Bertz CT molecular complexity index is 1530. The quantitative estimate of drug-likeness (QED) is 0.466. The van der Waals surface area contributed by atoms with Crippen LogP contribution < -0.4 is 11.2 Å². The van der Waals surface area contributed by atoms with Crippen LogP contribution in [0.3, 0.4) is 0 Å². The van der Waals surface area contributed by atoms with Crippen LogP contribution in [0.5, 0.6) is 0 Å². The predicted octanol–water partition coefficient (Wildman–Crippen LogP) is 3.27. The molecule has 150 valence electrons. The Kier molecular flexibility index (Phi) is 3.99. The van der Waals surface area contributed by atoms with Gasteiger partial charge in [-0.1, -0.05) is 54.1 Å². The molecule has 5 rings (SSSR count). The van der Waals surface area contributed by atoms with Crippen LogP contribution in [-0.2, 0) is 13.6 Å². The third kappa shape index (κ3) is 2.70. The van der Waals surface area contributed by atoms with Crippen LogP contribution in [0.25, 0.3) is 28.3 Å². The fourth-order valence-corrected chi connectivity index (χ4v) is 3.77. The van der Waals surface area contributed by atoms with Crippen molar-refractivity contribution in [1.82, 2.24) is 18.5 Å². The zero-order chi connectivity index (χ0) is 21.0. The summed E-state index contributed by atoms with van der Waals surface area (Å²) >= 11 is 0. The number of hydrogen-bond donors (Lipinski definition) is 0. The molecule has 0 aliphatic heterocycles. The molecule has 0 unspecified atom stereocenters. The van der Waals surface area contributed by atoms with Gasteiger partial charge in [0.2, 0.25) is 0 Å². The van der Waals surface area contributed by atoms with Gasteiger partial charge in [0.1, 0.15) is 0 Å². The molecule has 7 heteroatoms. The number of fused-ring (bicyclic) bond motifs is 3. The van der Waals surface area contributed by atoms with Crippen molar-refractivity contribution in [2.75, 3.05) is 0 Å². The molecule has 0 fully saturated rings. The number of rotatable bonds is 3. The topological polar surface area (TPSA) is 74.4 Å². The maximum atomic E-state index is 13.4. The number of benzene rings is 2. The molecule has 0 aliphatic carbocycles. The second kappa shape index (κ2) is 6.59. The molecule has 0 N–H and O–H groups in total. The number of imidazole rings is 1. The van der Waals surface area contributed by atoms with Gasteiger partial charge in [-0.2, -0.15) is 4.98 Å². The smallest absolute Gasteiger partial charge is 0.332 e. The molecule has 0 aliphatic rings. The molecule has 0 bridgehead atoms. The summed E-state index contributed by atoms with van der Waals surface area (Å²) in [5.74, 6) is 0.884. The number of oxazole rings is 1. The van der Waals surface area contributed by atoms with Gasteiger partial charge in [0.05, 0.1) is 12.7 Å². The SMILES string of the molecule is Cc1ccc(C)c(Cn2c(=O)c3c(nc4oc(-c5ccccc5)cn43)n(C)c2=O)c1. The van der Waals surface area contributed by atoms with Crippen molar-refractivity contribution in [2.24, 2.45) is 7.05 Å². The Labute approximate surface area is 171 Å². The number of aryl methyl sites for hydroxylation is 3. The zero-order valence-corrected chi connectivity index (χ0v) is 16.9. The van der Waals surface area contributed by atoms with Gasteiger partial charge >= 0.3 is 11.5 Å². The van der Waals surface area contributed by atoms with Gasteiger partial charge in [0, 0.05) is 12.6 Å². The van der Waals surface area contributed by atoms with Gasteiger partial charge in [-0.05, 0) is 25.0 Å². The van der Waals surface area contributed by atoms with E-state index in [1.807, 2.05) is 62.4 Å². The summed E-state index contributed by atoms with van der Waals surface area (Å²) in [7, 11) is 1.62. The average molecular weight is 400 g/mol. The molecule has 3 aromatic heterocycles. The van der Waals surface area contributed by atoms with Crippen LogP contribution in [-0.4, -0.2) is 18.5 Å². The van der Waals surface area contributed by atoms with Crippen molar-refractivity contribution in [2.45, 2.75) is 20.4 Å². The van der Waals surface area contributed by atoms with Gasteiger partial charge < -0.3 is 4.42 Å². The number of aromatic nitrogens is 4. The highest BCUT2D eigenvalue weighted by atomic mass is 16.4. The molecule has 0 atom stereocenters. The van der Waals surface area contributed by atoms with E-state index >= 15 is 0 Å². The molecule has 7 nitrogen and oxygen atoms in total. The lowest BCUT2D eigenvalue weighted by molar-refractivity contribution is 0.610. The number of nitrogens with zero attached hydrogens (tertiary/aromatic N) is 4. The maximum absolute atomic E-state index is 13.4. The zero-order valence-electron chi connectivity index (χ0n) is 16.9. The van der Waals surface area contributed by atoms with E-state index in [4.69, 9.17) is 4.42 Å². The first-order valence-electron chi connectivity index (χ1n) is 9.67. The van der Waals surface area contributed by atoms with Crippen molar-refractivity contribution in [3.05, 3.63) is 92.3 Å². The van der Waals surface area contributed by atoms with Gasteiger partial charge in [0.15, 0.2) is 16.9 Å². The van der Waals surface area contributed by atoms with Crippen LogP contribution in [0.2, 0.25) is 0 Å². The molecule has 30 heavy (non-hydrogen) atoms. The van der Waals surface area contributed by atoms with Crippen LogP contribution in [0.1, 0.15) is 16.7 Å². The fourth-order valence-electron chi connectivity index (χ4n) is 3.77. The van der Waals surface area contributed by atoms with Crippen molar-refractivity contribution < 1.29 is 4.42 Å². The van der Waals surface area contributed by atoms with Crippen LogP contribution in [0, 0.1) is 13.8 Å². The van der Waals surface area contributed by atoms with Gasteiger partial charge in [-0.3, -0.25) is 18.3 Å². The average Bonchev–Trinajstić information content (AvgIpc) is 3.31. The first-order chi connectivity index (χ1) is 14.4. The van der Waals surface area contributed by atoms with E-state index in [-0.39, 0.29) is 17.9 Å². The molecular weight excluding hydrogens is 380 g/mol. The highest BCUT2D eigenvalue weighted by Gasteiger charge is 2.20. The summed E-state index contributed by atoms with van der Waals surface area (Å²) in [5.41, 5.74) is 3.77. The molecule has 0 saturated heterocycles. The Morgan fingerprint density at radius 1 is 1.03 bits per heavy atom. The minimum absolute atomic E-state index is 0.200. The summed E-state index contributed by atoms with van der Waals surface area (Å²) in [4.78, 5) is 30.7. The highest BCUT2D eigenvalue weighted by Crippen LogP contribution is 2.24. The van der Waals surface area contributed by atoms with Crippen molar-refractivity contribution in [3.63, 3.8) is 0 Å². The Hall–Kier alpha value is -3.87. The van der Waals surface area contributed by atoms with Crippen molar-refractivity contribution in [3.8, 4) is 11.3 Å². The molecule has 3 heterocycles. The first-order valence-corrected chi connectivity index (χ1v) is 9.67. The summed E-state index contributed by atoms with van der Waals surface area (Å²) in [6.45, 7) is 4.16. The van der Waals surface area contributed by atoms with E-state index in [9.17, 15) is 9.59 Å². The largest absolute Gasteiger partial charge is 0.423 e. The Morgan fingerprint density at radius 2 is 1.80 bits per heavy atom. The standard InChI is InChI=1S/C23H20N4O3/c1-14-9-10-15(2)17(11-14)12-27-21(28)19-20(25(3)23(27)29)24-22-26(19)13-18(30-22)16-7-5-4-6-8-16/h4-11,13H,12H2,1-3H3. The predicted molar refractivity (Wildman–Crippen MR) is 115 cm³/mol. The molecule has 5 aromatic rings. The van der Waals surface area contributed by atoms with E-state index in [0.717, 1.165) is 22.3 Å². The molecule has 0 saturated carbocycles. The molecule has 2 aromatic carbocycles. The monoisotopic (exact) mass is 400 g/mol. The molecule has 0 amide bonds. The van der Waals surface area contributed by atoms with Crippen LogP contribution >= 0.6 is 0 Å². The van der Waals surface area contributed by atoms with E-state index < -0.39 is 5.69 Å². The highest BCUT2D eigenvalue weighted by molar-refractivity contribution is 5.76. The molecular formula is C23H20N4O3. The van der Waals surface area contributed by atoms with Gasteiger partial charge in [0.25, 0.3) is 5.56 Å². The Balaban J connectivity index is 1.75. The summed E-state index contributed by atoms with van der Waals surface area (Å²) < 4.78 is 10.1. The minimum Gasteiger partial charge on any atom is -0.423 e. The minimum atomic E-state index is -0.405. The lowest BCUT2D eigenvalue weighted by Crippen LogP contribution is -2.39. The number of hydrogen-bond acceptors (Lipinski definition) is 4. The van der Waals surface area contributed by atoms with Crippen LogP contribution in [0.4, 0.5) is 0 Å². The van der Waals surface area contributed by atoms with Gasteiger partial charge in [-0.15, -0.1) is 0 Å². The fraction of sp³-hybridized carbons (Fsp3) is 0.174. The van der Waals surface area contributed by atoms with Gasteiger partial charge in [-0.25, -0.2) is 4.79 Å². The second-order valence-corrected chi connectivity index (χ2v) is 7.56. The van der Waals surface area contributed by atoms with Crippen molar-refractivity contribution >= 4 is 17.0 Å². The van der Waals surface area contributed by atoms with E-state index in [2.05, 4.69) is 4.98 Å². The third-order valence-electron chi connectivity index (χ3n) is 5.48. The van der Waals surface area contributed by atoms with Crippen LogP contribution in [0.15, 0.2) is 68.7 Å². The molecule has 0 radical (unpaired) electrons. The summed E-state index contributed by atoms with van der Waals surface area (Å²) in [6.07, 6.45) is 1.74. The first kappa shape index (κ1) is 18.2. The summed E-state index contributed by atoms with van der Waals surface area (Å²) in [6, 6.07) is 15.6. The summed E-state index contributed by atoms with van der Waals surface area (Å²) in [5, 5.41) is 0. The van der Waals surface area contributed by atoms with E-state index in [1.165, 1.54) is 9.13 Å². The third-order valence-corrected chi connectivity index (χ3v) is 5.48. The maximum Gasteiger partial charge on any atom is 0.332 e.